The van der Waals surface area contributed by atoms with Crippen LogP contribution in [0.5, 0.6) is 0 Å². The van der Waals surface area contributed by atoms with E-state index < -0.39 is 15.4 Å². The maximum atomic E-state index is 13.9. The molecule has 1 unspecified atom stereocenters. The standard InChI is InChI=1S/C26H29ClN2O4S2/c1-3-35(32,33)15-7-13-28(17-19-8-6-9-20(27)16-19)25(31)26(2)12-14-29(26)24(30)22-18-34-23-11-5-4-10-21(22)23/h4-6,8-11,16,18H,3,7,12-15,17H2,1-2H3. The molecular formula is C26H29ClN2O4S2. The van der Waals surface area contributed by atoms with E-state index in [-0.39, 0.29) is 29.9 Å². The second-order valence-electron chi connectivity index (χ2n) is 9.07. The first kappa shape index (κ1) is 25.7. The molecule has 2 aromatic carbocycles. The number of benzene rings is 2. The molecule has 0 aliphatic carbocycles. The fourth-order valence-electron chi connectivity index (χ4n) is 4.46. The van der Waals surface area contributed by atoms with Crippen molar-refractivity contribution < 1.29 is 18.0 Å². The van der Waals surface area contributed by atoms with Crippen LogP contribution in [0.4, 0.5) is 0 Å². The van der Waals surface area contributed by atoms with Crippen LogP contribution >= 0.6 is 22.9 Å². The molecular weight excluding hydrogens is 504 g/mol. The van der Waals surface area contributed by atoms with Crippen molar-refractivity contribution in [3.8, 4) is 0 Å². The van der Waals surface area contributed by atoms with Crippen LogP contribution in [0, 0.1) is 0 Å². The van der Waals surface area contributed by atoms with Gasteiger partial charge in [0.15, 0.2) is 0 Å². The van der Waals surface area contributed by atoms with Crippen LogP contribution in [0.3, 0.4) is 0 Å². The van der Waals surface area contributed by atoms with Gasteiger partial charge in [0, 0.05) is 45.9 Å². The minimum atomic E-state index is -3.14. The Balaban J connectivity index is 1.57. The second-order valence-corrected chi connectivity index (χ2v) is 12.9. The molecule has 9 heteroatoms. The molecule has 0 bridgehead atoms. The lowest BCUT2D eigenvalue weighted by molar-refractivity contribution is -0.149. The van der Waals surface area contributed by atoms with E-state index in [1.54, 1.807) is 35.8 Å². The highest BCUT2D eigenvalue weighted by Crippen LogP contribution is 2.37. The topological polar surface area (TPSA) is 74.8 Å². The summed E-state index contributed by atoms with van der Waals surface area (Å²) >= 11 is 7.67. The molecule has 1 atom stereocenters. The first-order valence-corrected chi connectivity index (χ1v) is 14.7. The zero-order valence-electron chi connectivity index (χ0n) is 19.9. The van der Waals surface area contributed by atoms with Crippen molar-refractivity contribution in [2.75, 3.05) is 24.6 Å². The van der Waals surface area contributed by atoms with Gasteiger partial charge >= 0.3 is 0 Å². The van der Waals surface area contributed by atoms with Crippen molar-refractivity contribution in [2.45, 2.75) is 38.8 Å². The SMILES string of the molecule is CCS(=O)(=O)CCCN(Cc1cccc(Cl)c1)C(=O)C1(C)CCN1C(=O)c1csc2ccccc12. The van der Waals surface area contributed by atoms with Crippen LogP contribution < -0.4 is 0 Å². The molecule has 1 saturated heterocycles. The van der Waals surface area contributed by atoms with E-state index in [4.69, 9.17) is 11.6 Å². The van der Waals surface area contributed by atoms with Gasteiger partial charge < -0.3 is 9.80 Å². The van der Waals surface area contributed by atoms with E-state index >= 15 is 0 Å². The summed E-state index contributed by atoms with van der Waals surface area (Å²) in [4.78, 5) is 30.7. The predicted molar refractivity (Wildman–Crippen MR) is 142 cm³/mol. The van der Waals surface area contributed by atoms with Crippen LogP contribution in [0.1, 0.15) is 42.6 Å². The number of carbonyl (C=O) groups excluding carboxylic acids is 2. The monoisotopic (exact) mass is 532 g/mol. The second kappa shape index (κ2) is 10.3. The normalized spacial score (nSPS) is 17.9. The minimum absolute atomic E-state index is 0.0169. The Hall–Kier alpha value is -2.42. The molecule has 6 nitrogen and oxygen atoms in total. The van der Waals surface area contributed by atoms with Crippen molar-refractivity contribution >= 4 is 54.7 Å². The summed E-state index contributed by atoms with van der Waals surface area (Å²) < 4.78 is 25.1. The van der Waals surface area contributed by atoms with E-state index in [9.17, 15) is 18.0 Å². The van der Waals surface area contributed by atoms with Gasteiger partial charge in [0.2, 0.25) is 5.91 Å². The van der Waals surface area contributed by atoms with Gasteiger partial charge in [0.1, 0.15) is 15.4 Å². The van der Waals surface area contributed by atoms with E-state index in [1.165, 1.54) is 11.3 Å². The fraction of sp³-hybridized carbons (Fsp3) is 0.385. The third-order valence-electron chi connectivity index (χ3n) is 6.71. The molecule has 0 spiro atoms. The molecule has 1 aromatic heterocycles. The molecule has 2 amide bonds. The Morgan fingerprint density at radius 1 is 1.17 bits per heavy atom. The average Bonchev–Trinajstić information content (AvgIpc) is 3.26. The number of halogens is 1. The molecule has 35 heavy (non-hydrogen) atoms. The number of sulfone groups is 1. The van der Waals surface area contributed by atoms with Gasteiger partial charge in [-0.25, -0.2) is 8.42 Å². The van der Waals surface area contributed by atoms with Gasteiger partial charge in [-0.2, -0.15) is 0 Å². The summed E-state index contributed by atoms with van der Waals surface area (Å²) in [6, 6.07) is 15.0. The molecule has 0 saturated carbocycles. The largest absolute Gasteiger partial charge is 0.336 e. The summed E-state index contributed by atoms with van der Waals surface area (Å²) in [5.74, 6) is -0.237. The Morgan fingerprint density at radius 3 is 2.63 bits per heavy atom. The summed E-state index contributed by atoms with van der Waals surface area (Å²) in [5.41, 5.74) is 0.482. The molecule has 0 radical (unpaired) electrons. The Bertz CT molecular complexity index is 1350. The van der Waals surface area contributed by atoms with E-state index in [2.05, 4.69) is 0 Å². The van der Waals surface area contributed by atoms with Crippen molar-refractivity contribution in [3.05, 3.63) is 70.1 Å². The molecule has 0 N–H and O–H groups in total. The summed E-state index contributed by atoms with van der Waals surface area (Å²) in [7, 11) is -3.14. The zero-order chi connectivity index (χ0) is 25.2. The van der Waals surface area contributed by atoms with Crippen molar-refractivity contribution in [1.29, 1.82) is 0 Å². The van der Waals surface area contributed by atoms with E-state index in [0.717, 1.165) is 15.6 Å². The molecule has 1 aliphatic heterocycles. The Kier molecular flexibility index (Phi) is 7.54. The number of hydrogen-bond acceptors (Lipinski definition) is 5. The van der Waals surface area contributed by atoms with Gasteiger partial charge in [0.05, 0.1) is 11.3 Å². The molecule has 1 aliphatic rings. The highest BCUT2D eigenvalue weighted by molar-refractivity contribution is 7.91. The number of fused-ring (bicyclic) bond motifs is 1. The number of thiophene rings is 1. The fourth-order valence-corrected chi connectivity index (χ4v) is 6.47. The van der Waals surface area contributed by atoms with Crippen LogP contribution in [-0.4, -0.2) is 60.2 Å². The van der Waals surface area contributed by atoms with Gasteiger partial charge in [0.25, 0.3) is 5.91 Å². The Morgan fingerprint density at radius 2 is 1.94 bits per heavy atom. The van der Waals surface area contributed by atoms with Gasteiger partial charge in [-0.15, -0.1) is 11.3 Å². The lowest BCUT2D eigenvalue weighted by Gasteiger charge is -2.51. The highest BCUT2D eigenvalue weighted by atomic mass is 35.5. The lowest BCUT2D eigenvalue weighted by atomic mass is 9.84. The smallest absolute Gasteiger partial charge is 0.256 e. The van der Waals surface area contributed by atoms with Crippen molar-refractivity contribution in [3.63, 3.8) is 0 Å². The van der Waals surface area contributed by atoms with E-state index in [1.807, 2.05) is 41.8 Å². The highest BCUT2D eigenvalue weighted by Gasteiger charge is 2.51. The van der Waals surface area contributed by atoms with Gasteiger partial charge in [-0.05, 0) is 43.5 Å². The van der Waals surface area contributed by atoms with Gasteiger partial charge in [-0.3, -0.25) is 9.59 Å². The van der Waals surface area contributed by atoms with Crippen molar-refractivity contribution in [1.82, 2.24) is 9.80 Å². The third-order valence-corrected chi connectivity index (χ3v) is 9.70. The number of likely N-dealkylation sites (tertiary alicyclic amines) is 1. The third kappa shape index (κ3) is 5.39. The molecule has 1 fully saturated rings. The molecule has 186 valence electrons. The molecule has 3 aromatic rings. The zero-order valence-corrected chi connectivity index (χ0v) is 22.3. The summed E-state index contributed by atoms with van der Waals surface area (Å²) in [6.45, 7) is 4.50. The number of carbonyl (C=O) groups is 2. The van der Waals surface area contributed by atoms with Crippen LogP contribution in [0.15, 0.2) is 53.9 Å². The summed E-state index contributed by atoms with van der Waals surface area (Å²) in [5, 5.41) is 3.32. The Labute approximate surface area is 215 Å². The number of hydrogen-bond donors (Lipinski definition) is 0. The molecule has 4 rings (SSSR count). The maximum Gasteiger partial charge on any atom is 0.256 e. The van der Waals surface area contributed by atoms with Crippen LogP contribution in [0.2, 0.25) is 5.02 Å². The number of amides is 2. The van der Waals surface area contributed by atoms with Crippen LogP contribution in [0.25, 0.3) is 10.1 Å². The predicted octanol–water partition coefficient (Wildman–Crippen LogP) is 5.01. The maximum absolute atomic E-state index is 13.9. The first-order chi connectivity index (χ1) is 16.6. The molecule has 2 heterocycles. The minimum Gasteiger partial charge on any atom is -0.336 e. The first-order valence-electron chi connectivity index (χ1n) is 11.7. The quantitative estimate of drug-likeness (QED) is 0.388. The average molecular weight is 533 g/mol. The van der Waals surface area contributed by atoms with E-state index in [0.29, 0.717) is 36.5 Å². The summed E-state index contributed by atoms with van der Waals surface area (Å²) in [6.07, 6.45) is 0.890. The number of rotatable bonds is 9. The number of nitrogens with zero attached hydrogens (tertiary/aromatic N) is 2. The van der Waals surface area contributed by atoms with Gasteiger partial charge in [-0.1, -0.05) is 48.9 Å². The van der Waals surface area contributed by atoms with Crippen molar-refractivity contribution in [2.24, 2.45) is 0 Å². The lowest BCUT2D eigenvalue weighted by Crippen LogP contribution is -2.67. The van der Waals surface area contributed by atoms with Crippen LogP contribution in [-0.2, 0) is 21.2 Å².